The number of anilines is 1. The van der Waals surface area contributed by atoms with Gasteiger partial charge in [0.05, 0.1) is 6.54 Å². The highest BCUT2D eigenvalue weighted by Crippen LogP contribution is 2.03. The maximum Gasteiger partial charge on any atom is 0.364 e. The van der Waals surface area contributed by atoms with Crippen LogP contribution in [0.1, 0.15) is 5.82 Å². The number of aromatic amines is 1. The first-order valence-electron chi connectivity index (χ1n) is 4.76. The first-order valence-corrected chi connectivity index (χ1v) is 4.76. The van der Waals surface area contributed by atoms with Gasteiger partial charge in [-0.15, -0.1) is 5.10 Å². The van der Waals surface area contributed by atoms with Gasteiger partial charge in [-0.05, 0) is 12.1 Å². The van der Waals surface area contributed by atoms with Gasteiger partial charge in [0.15, 0.2) is 11.5 Å². The number of aromatic nitrogens is 6. The van der Waals surface area contributed by atoms with Crippen LogP contribution in [0.3, 0.4) is 0 Å². The summed E-state index contributed by atoms with van der Waals surface area (Å²) in [6.45, 7) is 0.363. The standard InChI is InChI=1S/C8H7N7O2/c16-8-12-11-7-2-1-5(13-15(7)8)9-3-6-10-4-17-14-6/h1-2,4H,3H2,(H,9,13)(H,12,16). The zero-order valence-corrected chi connectivity index (χ0v) is 8.49. The van der Waals surface area contributed by atoms with Crippen molar-refractivity contribution in [3.8, 4) is 0 Å². The molecule has 0 aromatic carbocycles. The molecule has 17 heavy (non-hydrogen) atoms. The van der Waals surface area contributed by atoms with E-state index >= 15 is 0 Å². The van der Waals surface area contributed by atoms with Crippen LogP contribution in [0, 0.1) is 0 Å². The quantitative estimate of drug-likeness (QED) is 0.621. The Balaban J connectivity index is 1.85. The van der Waals surface area contributed by atoms with Crippen molar-refractivity contribution in [2.24, 2.45) is 0 Å². The van der Waals surface area contributed by atoms with Crippen LogP contribution in [-0.2, 0) is 6.54 Å². The number of rotatable bonds is 3. The lowest BCUT2D eigenvalue weighted by Gasteiger charge is -2.01. The molecular weight excluding hydrogens is 226 g/mol. The van der Waals surface area contributed by atoms with Gasteiger partial charge < -0.3 is 9.84 Å². The second-order valence-corrected chi connectivity index (χ2v) is 3.22. The van der Waals surface area contributed by atoms with Gasteiger partial charge in [-0.3, -0.25) is 0 Å². The molecule has 9 heteroatoms. The highest BCUT2D eigenvalue weighted by molar-refractivity contribution is 5.42. The molecule has 0 saturated carbocycles. The van der Waals surface area contributed by atoms with Crippen LogP contribution >= 0.6 is 0 Å². The van der Waals surface area contributed by atoms with Crippen molar-refractivity contribution < 1.29 is 4.52 Å². The molecule has 0 aliphatic heterocycles. The van der Waals surface area contributed by atoms with Gasteiger partial charge in [-0.25, -0.2) is 9.89 Å². The van der Waals surface area contributed by atoms with Crippen LogP contribution < -0.4 is 11.0 Å². The van der Waals surface area contributed by atoms with E-state index in [9.17, 15) is 4.79 Å². The molecule has 0 amide bonds. The summed E-state index contributed by atoms with van der Waals surface area (Å²) < 4.78 is 5.75. The summed E-state index contributed by atoms with van der Waals surface area (Å²) in [5, 5.41) is 16.7. The summed E-state index contributed by atoms with van der Waals surface area (Å²) in [5.41, 5.74) is 0.0725. The average molecular weight is 233 g/mol. The monoisotopic (exact) mass is 233 g/mol. The lowest BCUT2D eigenvalue weighted by molar-refractivity contribution is 0.411. The summed E-state index contributed by atoms with van der Waals surface area (Å²) in [4.78, 5) is 15.1. The van der Waals surface area contributed by atoms with Crippen molar-refractivity contribution in [3.05, 3.63) is 34.8 Å². The molecule has 0 aliphatic carbocycles. The summed E-state index contributed by atoms with van der Waals surface area (Å²) >= 11 is 0. The fraction of sp³-hybridized carbons (Fsp3) is 0.125. The van der Waals surface area contributed by atoms with Crippen molar-refractivity contribution in [2.75, 3.05) is 5.32 Å². The fourth-order valence-corrected chi connectivity index (χ4v) is 1.34. The van der Waals surface area contributed by atoms with E-state index in [1.54, 1.807) is 12.1 Å². The molecular formula is C8H7N7O2. The molecule has 3 rings (SSSR count). The Morgan fingerprint density at radius 2 is 2.41 bits per heavy atom. The van der Waals surface area contributed by atoms with E-state index in [0.717, 1.165) is 0 Å². The Hall–Kier alpha value is -2.71. The predicted octanol–water partition coefficient (Wildman–Crippen LogP) is -0.587. The molecule has 9 nitrogen and oxygen atoms in total. The van der Waals surface area contributed by atoms with Gasteiger partial charge in [-0.1, -0.05) is 5.16 Å². The van der Waals surface area contributed by atoms with Crippen molar-refractivity contribution in [1.82, 2.24) is 30.0 Å². The van der Waals surface area contributed by atoms with E-state index in [-0.39, 0.29) is 5.69 Å². The van der Waals surface area contributed by atoms with E-state index in [1.807, 2.05) is 0 Å². The first-order chi connectivity index (χ1) is 8.33. The zero-order valence-electron chi connectivity index (χ0n) is 8.49. The number of hydrogen-bond acceptors (Lipinski definition) is 7. The molecule has 0 saturated heterocycles. The minimum Gasteiger partial charge on any atom is -0.361 e. The SMILES string of the molecule is O=c1[nH]nc2ccc(NCc3ncon3)nn12. The molecule has 2 N–H and O–H groups in total. The molecule has 86 valence electrons. The third kappa shape index (κ3) is 1.73. The van der Waals surface area contributed by atoms with Crippen LogP contribution in [-0.4, -0.2) is 30.0 Å². The van der Waals surface area contributed by atoms with E-state index in [4.69, 9.17) is 0 Å². The first kappa shape index (κ1) is 9.51. The number of H-pyrrole nitrogens is 1. The molecule has 3 aromatic heterocycles. The van der Waals surface area contributed by atoms with E-state index < -0.39 is 0 Å². The number of nitrogens with zero attached hydrogens (tertiary/aromatic N) is 5. The van der Waals surface area contributed by atoms with Gasteiger partial charge in [0, 0.05) is 0 Å². The third-order valence-corrected chi connectivity index (χ3v) is 2.11. The van der Waals surface area contributed by atoms with E-state index in [1.165, 1.54) is 10.9 Å². The summed E-state index contributed by atoms with van der Waals surface area (Å²) in [6, 6.07) is 3.37. The van der Waals surface area contributed by atoms with Gasteiger partial charge in [-0.2, -0.15) is 14.6 Å². The molecule has 0 radical (unpaired) electrons. The van der Waals surface area contributed by atoms with Crippen LogP contribution in [0.5, 0.6) is 0 Å². The topological polar surface area (TPSA) is 114 Å². The maximum absolute atomic E-state index is 11.3. The van der Waals surface area contributed by atoms with Crippen molar-refractivity contribution >= 4 is 11.5 Å². The smallest absolute Gasteiger partial charge is 0.361 e. The Labute approximate surface area is 93.5 Å². The summed E-state index contributed by atoms with van der Waals surface area (Å²) in [6.07, 6.45) is 1.24. The minimum atomic E-state index is -0.386. The molecule has 0 atom stereocenters. The van der Waals surface area contributed by atoms with Crippen molar-refractivity contribution in [3.63, 3.8) is 0 Å². The molecule has 0 aliphatic rings. The van der Waals surface area contributed by atoms with Gasteiger partial charge >= 0.3 is 5.69 Å². The second kappa shape index (κ2) is 3.70. The molecule has 0 unspecified atom stereocenters. The lowest BCUT2D eigenvalue weighted by Crippen LogP contribution is -2.14. The minimum absolute atomic E-state index is 0.363. The van der Waals surface area contributed by atoms with E-state index in [2.05, 4.69) is 35.3 Å². The van der Waals surface area contributed by atoms with Crippen molar-refractivity contribution in [1.29, 1.82) is 0 Å². The maximum atomic E-state index is 11.3. The lowest BCUT2D eigenvalue weighted by atomic mass is 10.5. The average Bonchev–Trinajstić information content (AvgIpc) is 2.97. The van der Waals surface area contributed by atoms with Crippen LogP contribution in [0.2, 0.25) is 0 Å². The number of fused-ring (bicyclic) bond motifs is 1. The Morgan fingerprint density at radius 3 is 3.24 bits per heavy atom. The summed E-state index contributed by atoms with van der Waals surface area (Å²) in [5.74, 6) is 1.03. The highest BCUT2D eigenvalue weighted by atomic mass is 16.5. The molecule has 0 fully saturated rings. The zero-order chi connectivity index (χ0) is 11.7. The van der Waals surface area contributed by atoms with Crippen LogP contribution in [0.4, 0.5) is 5.82 Å². The number of nitrogens with one attached hydrogen (secondary N) is 2. The van der Waals surface area contributed by atoms with Crippen LogP contribution in [0.15, 0.2) is 27.8 Å². The second-order valence-electron chi connectivity index (χ2n) is 3.22. The Kier molecular flexibility index (Phi) is 2.07. The van der Waals surface area contributed by atoms with E-state index in [0.29, 0.717) is 23.8 Å². The third-order valence-electron chi connectivity index (χ3n) is 2.11. The van der Waals surface area contributed by atoms with Crippen molar-refractivity contribution in [2.45, 2.75) is 6.54 Å². The van der Waals surface area contributed by atoms with Gasteiger partial charge in [0.1, 0.15) is 5.82 Å². The largest absolute Gasteiger partial charge is 0.364 e. The normalized spacial score (nSPS) is 10.8. The predicted molar refractivity (Wildman–Crippen MR) is 55.2 cm³/mol. The summed E-state index contributed by atoms with van der Waals surface area (Å²) in [7, 11) is 0. The Bertz CT molecular complexity index is 683. The number of hydrogen-bond donors (Lipinski definition) is 2. The molecule has 3 heterocycles. The Morgan fingerprint density at radius 1 is 1.47 bits per heavy atom. The molecule has 0 bridgehead atoms. The van der Waals surface area contributed by atoms with Gasteiger partial charge in [0.25, 0.3) is 0 Å². The van der Waals surface area contributed by atoms with Crippen LogP contribution in [0.25, 0.3) is 5.65 Å². The molecule has 3 aromatic rings. The highest BCUT2D eigenvalue weighted by Gasteiger charge is 2.03. The fourth-order valence-electron chi connectivity index (χ4n) is 1.34. The molecule has 0 spiro atoms. The van der Waals surface area contributed by atoms with Gasteiger partial charge in [0.2, 0.25) is 6.39 Å².